The number of methoxy groups -OCH3 is 3. The third-order valence-corrected chi connectivity index (χ3v) is 4.74. The van der Waals surface area contributed by atoms with Gasteiger partial charge in [0.25, 0.3) is 0 Å². The molecule has 3 rings (SSSR count). The minimum absolute atomic E-state index is 0.0514. The largest absolute Gasteiger partial charge is 0.496 e. The summed E-state index contributed by atoms with van der Waals surface area (Å²) in [5.41, 5.74) is 1.54. The lowest BCUT2D eigenvalue weighted by Crippen LogP contribution is -2.34. The van der Waals surface area contributed by atoms with Gasteiger partial charge in [-0.25, -0.2) is 0 Å². The van der Waals surface area contributed by atoms with Crippen LogP contribution in [-0.4, -0.2) is 27.2 Å². The lowest BCUT2D eigenvalue weighted by molar-refractivity contribution is -0.123. The Morgan fingerprint density at radius 3 is 2.12 bits per heavy atom. The molecule has 1 fully saturated rings. The molecule has 0 spiro atoms. The lowest BCUT2D eigenvalue weighted by Gasteiger charge is -2.18. The molecule has 1 amide bonds. The van der Waals surface area contributed by atoms with Crippen molar-refractivity contribution in [1.82, 2.24) is 5.32 Å². The fourth-order valence-electron chi connectivity index (χ4n) is 3.10. The van der Waals surface area contributed by atoms with Gasteiger partial charge in [-0.2, -0.15) is 0 Å². The highest BCUT2D eigenvalue weighted by Crippen LogP contribution is 2.48. The van der Waals surface area contributed by atoms with E-state index in [-0.39, 0.29) is 11.3 Å². The van der Waals surface area contributed by atoms with Crippen LogP contribution in [0, 0.1) is 0 Å². The molecular formula is C20H23NO4. The summed E-state index contributed by atoms with van der Waals surface area (Å²) < 4.78 is 16.0. The number of hydrogen-bond acceptors (Lipinski definition) is 4. The minimum atomic E-state index is -0.384. The monoisotopic (exact) mass is 341 g/mol. The van der Waals surface area contributed by atoms with Crippen LogP contribution >= 0.6 is 0 Å². The van der Waals surface area contributed by atoms with Crippen LogP contribution in [0.15, 0.2) is 42.5 Å². The third kappa shape index (κ3) is 3.27. The first kappa shape index (κ1) is 17.1. The summed E-state index contributed by atoms with van der Waals surface area (Å²) in [6, 6.07) is 13.5. The quantitative estimate of drug-likeness (QED) is 0.841. The number of rotatable bonds is 7. The van der Waals surface area contributed by atoms with Crippen LogP contribution in [0.3, 0.4) is 0 Å². The molecule has 0 aliphatic heterocycles. The van der Waals surface area contributed by atoms with Crippen molar-refractivity contribution in [3.8, 4) is 17.2 Å². The molecule has 2 aromatic carbocycles. The maximum atomic E-state index is 12.8. The predicted octanol–water partition coefficient (Wildman–Crippen LogP) is 3.06. The zero-order valence-electron chi connectivity index (χ0n) is 14.8. The number of carbonyl (C=O) groups is 1. The molecule has 0 unspecified atom stereocenters. The zero-order chi connectivity index (χ0) is 17.9. The molecule has 0 saturated heterocycles. The van der Waals surface area contributed by atoms with Crippen molar-refractivity contribution in [2.24, 2.45) is 0 Å². The van der Waals surface area contributed by atoms with Gasteiger partial charge in [0.2, 0.25) is 5.91 Å². The lowest BCUT2D eigenvalue weighted by atomic mass is 9.95. The summed E-state index contributed by atoms with van der Waals surface area (Å²) >= 11 is 0. The van der Waals surface area contributed by atoms with E-state index in [0.717, 1.165) is 24.0 Å². The average molecular weight is 341 g/mol. The molecular weight excluding hydrogens is 318 g/mol. The second kappa shape index (κ2) is 7.05. The van der Waals surface area contributed by atoms with E-state index in [2.05, 4.69) is 5.32 Å². The van der Waals surface area contributed by atoms with Crippen molar-refractivity contribution in [3.05, 3.63) is 53.6 Å². The fraction of sp³-hybridized carbons (Fsp3) is 0.350. The first-order chi connectivity index (χ1) is 12.1. The average Bonchev–Trinajstić information content (AvgIpc) is 3.48. The number of ether oxygens (including phenoxy) is 3. The van der Waals surface area contributed by atoms with E-state index in [4.69, 9.17) is 14.2 Å². The molecule has 5 heteroatoms. The third-order valence-electron chi connectivity index (χ3n) is 4.74. The summed E-state index contributed by atoms with van der Waals surface area (Å²) in [6.45, 7) is 0.372. The van der Waals surface area contributed by atoms with Gasteiger partial charge in [0.15, 0.2) is 11.5 Å². The van der Waals surface area contributed by atoms with Gasteiger partial charge in [0.05, 0.1) is 26.7 Å². The van der Waals surface area contributed by atoms with Gasteiger partial charge in [0, 0.05) is 18.2 Å². The summed E-state index contributed by atoms with van der Waals surface area (Å²) in [4.78, 5) is 12.8. The van der Waals surface area contributed by atoms with Crippen LogP contribution in [0.25, 0.3) is 0 Å². The van der Waals surface area contributed by atoms with Crippen molar-refractivity contribution in [3.63, 3.8) is 0 Å². The molecule has 0 radical (unpaired) electrons. The van der Waals surface area contributed by atoms with Crippen LogP contribution in [0.1, 0.15) is 24.0 Å². The van der Waals surface area contributed by atoms with Crippen LogP contribution in [0.2, 0.25) is 0 Å². The van der Waals surface area contributed by atoms with E-state index >= 15 is 0 Å². The SMILES string of the molecule is COc1cc(OC)c(OC)cc1CNC(=O)C1(c2ccccc2)CC1. The number of amides is 1. The van der Waals surface area contributed by atoms with Gasteiger partial charge < -0.3 is 19.5 Å². The summed E-state index contributed by atoms with van der Waals surface area (Å²) in [5, 5.41) is 3.05. The van der Waals surface area contributed by atoms with Gasteiger partial charge in [-0.1, -0.05) is 30.3 Å². The van der Waals surface area contributed by atoms with Crippen LogP contribution in [-0.2, 0) is 16.8 Å². The number of carbonyl (C=O) groups excluding carboxylic acids is 1. The molecule has 1 aliphatic rings. The second-order valence-electron chi connectivity index (χ2n) is 6.15. The molecule has 5 nitrogen and oxygen atoms in total. The zero-order valence-corrected chi connectivity index (χ0v) is 14.8. The van der Waals surface area contributed by atoms with Gasteiger partial charge >= 0.3 is 0 Å². The van der Waals surface area contributed by atoms with E-state index in [9.17, 15) is 4.79 Å². The predicted molar refractivity (Wildman–Crippen MR) is 95.3 cm³/mol. The van der Waals surface area contributed by atoms with E-state index in [0.29, 0.717) is 23.8 Å². The summed E-state index contributed by atoms with van der Waals surface area (Å²) in [5.74, 6) is 1.91. The van der Waals surface area contributed by atoms with Gasteiger partial charge in [-0.3, -0.25) is 4.79 Å². The Bertz CT molecular complexity index is 754. The van der Waals surface area contributed by atoms with Gasteiger partial charge in [-0.05, 0) is 24.5 Å². The van der Waals surface area contributed by atoms with E-state index in [1.54, 1.807) is 27.4 Å². The van der Waals surface area contributed by atoms with E-state index in [1.807, 2.05) is 36.4 Å². The van der Waals surface area contributed by atoms with Crippen LogP contribution in [0.5, 0.6) is 17.2 Å². The van der Waals surface area contributed by atoms with Crippen molar-refractivity contribution >= 4 is 5.91 Å². The smallest absolute Gasteiger partial charge is 0.230 e. The van der Waals surface area contributed by atoms with Crippen molar-refractivity contribution in [2.45, 2.75) is 24.8 Å². The first-order valence-electron chi connectivity index (χ1n) is 8.27. The number of hydrogen-bond donors (Lipinski definition) is 1. The van der Waals surface area contributed by atoms with E-state index in [1.165, 1.54) is 0 Å². The van der Waals surface area contributed by atoms with Crippen molar-refractivity contribution in [1.29, 1.82) is 0 Å². The molecule has 1 N–H and O–H groups in total. The molecule has 1 aliphatic carbocycles. The summed E-state index contributed by atoms with van der Waals surface area (Å²) in [6.07, 6.45) is 1.76. The van der Waals surface area contributed by atoms with Crippen LogP contribution < -0.4 is 19.5 Å². The van der Waals surface area contributed by atoms with Crippen molar-refractivity contribution < 1.29 is 19.0 Å². The molecule has 25 heavy (non-hydrogen) atoms. The molecule has 0 bridgehead atoms. The van der Waals surface area contributed by atoms with Gasteiger partial charge in [0.1, 0.15) is 5.75 Å². The maximum absolute atomic E-state index is 12.8. The normalized spacial score (nSPS) is 14.5. The van der Waals surface area contributed by atoms with Crippen LogP contribution in [0.4, 0.5) is 0 Å². The topological polar surface area (TPSA) is 56.8 Å². The molecule has 0 aromatic heterocycles. The highest BCUT2D eigenvalue weighted by Gasteiger charge is 2.50. The molecule has 2 aromatic rings. The standard InChI is InChI=1S/C20H23NO4/c1-23-16-12-18(25-3)17(24-2)11-14(16)13-21-19(22)20(9-10-20)15-7-5-4-6-8-15/h4-8,11-12H,9-10,13H2,1-3H3,(H,21,22). The fourth-order valence-corrected chi connectivity index (χ4v) is 3.10. The Hall–Kier alpha value is -2.69. The number of nitrogens with one attached hydrogen (secondary N) is 1. The van der Waals surface area contributed by atoms with Crippen molar-refractivity contribution in [2.75, 3.05) is 21.3 Å². The maximum Gasteiger partial charge on any atom is 0.230 e. The Balaban J connectivity index is 1.76. The summed E-state index contributed by atoms with van der Waals surface area (Å²) in [7, 11) is 4.76. The Labute approximate surface area is 147 Å². The van der Waals surface area contributed by atoms with Gasteiger partial charge in [-0.15, -0.1) is 0 Å². The molecule has 0 atom stereocenters. The minimum Gasteiger partial charge on any atom is -0.496 e. The highest BCUT2D eigenvalue weighted by atomic mass is 16.5. The highest BCUT2D eigenvalue weighted by molar-refractivity contribution is 5.91. The molecule has 0 heterocycles. The molecule has 1 saturated carbocycles. The Morgan fingerprint density at radius 2 is 1.56 bits per heavy atom. The Kier molecular flexibility index (Phi) is 4.83. The van der Waals surface area contributed by atoms with E-state index < -0.39 is 0 Å². The molecule has 132 valence electrons. The Morgan fingerprint density at radius 1 is 0.960 bits per heavy atom. The first-order valence-corrected chi connectivity index (χ1v) is 8.27. The second-order valence-corrected chi connectivity index (χ2v) is 6.15. The number of benzene rings is 2.